The second-order valence-electron chi connectivity index (χ2n) is 5.84. The van der Waals surface area contributed by atoms with Crippen molar-refractivity contribution in [3.63, 3.8) is 0 Å². The average molecular weight is 325 g/mol. The summed E-state index contributed by atoms with van der Waals surface area (Å²) in [4.78, 5) is 2.54. The molecule has 106 valence electrons. The largest absolute Gasteiger partial charge is 0.371 e. The minimum Gasteiger partial charge on any atom is -0.371 e. The van der Waals surface area contributed by atoms with Gasteiger partial charge in [0.05, 0.1) is 0 Å². The lowest BCUT2D eigenvalue weighted by Gasteiger charge is -2.25. The highest BCUT2D eigenvalue weighted by Crippen LogP contribution is 2.34. The van der Waals surface area contributed by atoms with Crippen molar-refractivity contribution in [3.8, 4) is 0 Å². The SMILES string of the molecule is CCNC(C)c1ccc(Br)cc1N1CC(C)C(C)C1. The summed E-state index contributed by atoms with van der Waals surface area (Å²) in [6.45, 7) is 12.5. The summed E-state index contributed by atoms with van der Waals surface area (Å²) in [6.07, 6.45) is 0. The molecule has 2 nitrogen and oxygen atoms in total. The first kappa shape index (κ1) is 14.9. The van der Waals surface area contributed by atoms with Crippen LogP contribution in [0.4, 0.5) is 5.69 Å². The quantitative estimate of drug-likeness (QED) is 0.892. The van der Waals surface area contributed by atoms with Crippen molar-refractivity contribution in [1.29, 1.82) is 0 Å². The molecule has 0 spiro atoms. The van der Waals surface area contributed by atoms with Gasteiger partial charge < -0.3 is 10.2 Å². The first-order valence-electron chi connectivity index (χ1n) is 7.30. The van der Waals surface area contributed by atoms with E-state index in [9.17, 15) is 0 Å². The molecule has 1 saturated heterocycles. The van der Waals surface area contributed by atoms with Crippen LogP contribution in [-0.4, -0.2) is 19.6 Å². The molecular formula is C16H25BrN2. The fraction of sp³-hybridized carbons (Fsp3) is 0.625. The fourth-order valence-electron chi connectivity index (χ4n) is 2.90. The lowest BCUT2D eigenvalue weighted by molar-refractivity contribution is 0.494. The first-order valence-corrected chi connectivity index (χ1v) is 8.10. The number of hydrogen-bond acceptors (Lipinski definition) is 2. The molecule has 1 aliphatic heterocycles. The normalized spacial score (nSPS) is 24.8. The van der Waals surface area contributed by atoms with Crippen LogP contribution in [0.15, 0.2) is 22.7 Å². The molecule has 19 heavy (non-hydrogen) atoms. The lowest BCUT2D eigenvalue weighted by Crippen LogP contribution is -2.25. The molecule has 0 aromatic heterocycles. The van der Waals surface area contributed by atoms with Crippen molar-refractivity contribution < 1.29 is 0 Å². The molecule has 3 atom stereocenters. The van der Waals surface area contributed by atoms with Crippen LogP contribution in [0.2, 0.25) is 0 Å². The van der Waals surface area contributed by atoms with E-state index in [2.05, 4.69) is 72.0 Å². The van der Waals surface area contributed by atoms with E-state index in [0.29, 0.717) is 6.04 Å². The Hall–Kier alpha value is -0.540. The van der Waals surface area contributed by atoms with Crippen LogP contribution in [0.3, 0.4) is 0 Å². The standard InChI is InChI=1S/C16H25BrN2/c1-5-18-13(4)15-7-6-14(17)8-16(15)19-9-11(2)12(3)10-19/h6-8,11-13,18H,5,9-10H2,1-4H3. The van der Waals surface area contributed by atoms with Gasteiger partial charge in [-0.3, -0.25) is 0 Å². The van der Waals surface area contributed by atoms with E-state index >= 15 is 0 Å². The van der Waals surface area contributed by atoms with Gasteiger partial charge in [0.1, 0.15) is 0 Å². The summed E-state index contributed by atoms with van der Waals surface area (Å²) >= 11 is 3.61. The summed E-state index contributed by atoms with van der Waals surface area (Å²) in [5, 5.41) is 3.53. The number of rotatable bonds is 4. The Morgan fingerprint density at radius 3 is 2.53 bits per heavy atom. The van der Waals surface area contributed by atoms with Crippen LogP contribution in [0, 0.1) is 11.8 Å². The van der Waals surface area contributed by atoms with Crippen LogP contribution < -0.4 is 10.2 Å². The van der Waals surface area contributed by atoms with Crippen LogP contribution in [-0.2, 0) is 0 Å². The molecular weight excluding hydrogens is 300 g/mol. The molecule has 0 radical (unpaired) electrons. The molecule has 1 aromatic rings. The number of nitrogens with zero attached hydrogens (tertiary/aromatic N) is 1. The Balaban J connectivity index is 2.30. The second kappa shape index (κ2) is 6.27. The summed E-state index contributed by atoms with van der Waals surface area (Å²) in [5.74, 6) is 1.56. The predicted molar refractivity (Wildman–Crippen MR) is 86.8 cm³/mol. The van der Waals surface area contributed by atoms with Gasteiger partial charge in [-0.05, 0) is 43.0 Å². The number of halogens is 1. The Labute approximate surface area is 125 Å². The molecule has 2 rings (SSSR count). The fourth-order valence-corrected chi connectivity index (χ4v) is 3.25. The summed E-state index contributed by atoms with van der Waals surface area (Å²) in [6, 6.07) is 7.07. The van der Waals surface area contributed by atoms with Gasteiger partial charge in [-0.1, -0.05) is 42.8 Å². The molecule has 0 aliphatic carbocycles. The Morgan fingerprint density at radius 2 is 1.95 bits per heavy atom. The third kappa shape index (κ3) is 3.32. The van der Waals surface area contributed by atoms with Crippen LogP contribution in [0.1, 0.15) is 39.3 Å². The van der Waals surface area contributed by atoms with Gasteiger partial charge in [0.25, 0.3) is 0 Å². The molecule has 1 aromatic carbocycles. The molecule has 3 heteroatoms. The highest BCUT2D eigenvalue weighted by atomic mass is 79.9. The summed E-state index contributed by atoms with van der Waals surface area (Å²) in [7, 11) is 0. The van der Waals surface area contributed by atoms with Crippen LogP contribution in [0.5, 0.6) is 0 Å². The molecule has 1 heterocycles. The van der Waals surface area contributed by atoms with Gasteiger partial charge in [0.15, 0.2) is 0 Å². The van der Waals surface area contributed by atoms with E-state index in [0.717, 1.165) is 18.4 Å². The maximum atomic E-state index is 3.61. The molecule has 0 bridgehead atoms. The van der Waals surface area contributed by atoms with E-state index in [1.807, 2.05) is 0 Å². The maximum absolute atomic E-state index is 3.61. The third-order valence-corrected chi connectivity index (χ3v) is 4.79. The lowest BCUT2D eigenvalue weighted by atomic mass is 10.0. The average Bonchev–Trinajstić information content (AvgIpc) is 2.69. The first-order chi connectivity index (χ1) is 9.02. The number of anilines is 1. The maximum Gasteiger partial charge on any atom is 0.0426 e. The third-order valence-electron chi connectivity index (χ3n) is 4.30. The van der Waals surface area contributed by atoms with Gasteiger partial charge in [-0.2, -0.15) is 0 Å². The predicted octanol–water partition coefficient (Wildman–Crippen LogP) is 4.21. The van der Waals surface area contributed by atoms with E-state index in [1.165, 1.54) is 28.8 Å². The zero-order valence-corrected chi connectivity index (χ0v) is 14.0. The van der Waals surface area contributed by atoms with Crippen molar-refractivity contribution in [1.82, 2.24) is 5.32 Å². The van der Waals surface area contributed by atoms with Crippen molar-refractivity contribution in [2.24, 2.45) is 11.8 Å². The van der Waals surface area contributed by atoms with Gasteiger partial charge in [-0.15, -0.1) is 0 Å². The number of hydrogen-bond donors (Lipinski definition) is 1. The zero-order chi connectivity index (χ0) is 14.0. The molecule has 1 aliphatic rings. The smallest absolute Gasteiger partial charge is 0.0426 e. The van der Waals surface area contributed by atoms with Crippen LogP contribution >= 0.6 is 15.9 Å². The van der Waals surface area contributed by atoms with Crippen LogP contribution in [0.25, 0.3) is 0 Å². The van der Waals surface area contributed by atoms with E-state index in [1.54, 1.807) is 0 Å². The van der Waals surface area contributed by atoms with Gasteiger partial charge in [0, 0.05) is 29.3 Å². The topological polar surface area (TPSA) is 15.3 Å². The van der Waals surface area contributed by atoms with Gasteiger partial charge >= 0.3 is 0 Å². The zero-order valence-electron chi connectivity index (χ0n) is 12.4. The second-order valence-corrected chi connectivity index (χ2v) is 6.76. The van der Waals surface area contributed by atoms with Crippen molar-refractivity contribution in [2.75, 3.05) is 24.5 Å². The summed E-state index contributed by atoms with van der Waals surface area (Å²) in [5.41, 5.74) is 2.80. The van der Waals surface area contributed by atoms with Gasteiger partial charge in [-0.25, -0.2) is 0 Å². The highest BCUT2D eigenvalue weighted by Gasteiger charge is 2.28. The number of benzene rings is 1. The molecule has 0 saturated carbocycles. The monoisotopic (exact) mass is 324 g/mol. The highest BCUT2D eigenvalue weighted by molar-refractivity contribution is 9.10. The molecule has 3 unspecified atom stereocenters. The molecule has 1 N–H and O–H groups in total. The Kier molecular flexibility index (Phi) is 4.91. The Bertz CT molecular complexity index is 423. The van der Waals surface area contributed by atoms with E-state index in [4.69, 9.17) is 0 Å². The van der Waals surface area contributed by atoms with Gasteiger partial charge in [0.2, 0.25) is 0 Å². The number of nitrogens with one attached hydrogen (secondary N) is 1. The minimum atomic E-state index is 0.402. The molecule has 1 fully saturated rings. The van der Waals surface area contributed by atoms with Crippen molar-refractivity contribution in [2.45, 2.75) is 33.7 Å². The van der Waals surface area contributed by atoms with Crippen molar-refractivity contribution >= 4 is 21.6 Å². The van der Waals surface area contributed by atoms with E-state index in [-0.39, 0.29) is 0 Å². The minimum absolute atomic E-state index is 0.402. The van der Waals surface area contributed by atoms with Crippen molar-refractivity contribution in [3.05, 3.63) is 28.2 Å². The summed E-state index contributed by atoms with van der Waals surface area (Å²) < 4.78 is 1.17. The van der Waals surface area contributed by atoms with E-state index < -0.39 is 0 Å². The molecule has 0 amide bonds. The Morgan fingerprint density at radius 1 is 1.32 bits per heavy atom.